The Hall–Kier alpha value is -1.67. The zero-order chi connectivity index (χ0) is 15.5. The predicted molar refractivity (Wildman–Crippen MR) is 79.6 cm³/mol. The number of carbonyl (C=O) groups excluding carboxylic acids is 1. The first-order valence-corrected chi connectivity index (χ1v) is 9.02. The summed E-state index contributed by atoms with van der Waals surface area (Å²) < 4.78 is 22.6. The molecule has 114 valence electrons. The number of sulfone groups is 1. The Bertz CT molecular complexity index is 674. The highest BCUT2D eigenvalue weighted by Gasteiger charge is 2.32. The molecular formula is C13H15NO5S2. The minimum atomic E-state index is -3.06. The second-order valence-electron chi connectivity index (χ2n) is 4.84. The van der Waals surface area contributed by atoms with E-state index < -0.39 is 21.7 Å². The molecule has 2 heterocycles. The van der Waals surface area contributed by atoms with Crippen LogP contribution in [0.3, 0.4) is 0 Å². The summed E-state index contributed by atoms with van der Waals surface area (Å²) in [6.45, 7) is 0.320. The standard InChI is InChI=1S/C13H15NO5S2/c15-12(16)2-1-9-5-11(20-7-9)6-14-13(17)10-3-4-21(18,19)8-10/h1-2,5,7,10H,3-4,6,8H2,(H,14,17)(H,15,16). The second-order valence-corrected chi connectivity index (χ2v) is 8.06. The Morgan fingerprint density at radius 2 is 2.24 bits per heavy atom. The van der Waals surface area contributed by atoms with Gasteiger partial charge in [-0.1, -0.05) is 0 Å². The van der Waals surface area contributed by atoms with Crippen molar-refractivity contribution in [2.45, 2.75) is 13.0 Å². The van der Waals surface area contributed by atoms with E-state index in [1.54, 1.807) is 11.4 Å². The number of hydrogen-bond donors (Lipinski definition) is 2. The maximum absolute atomic E-state index is 11.9. The van der Waals surface area contributed by atoms with Crippen LogP contribution in [-0.4, -0.2) is 36.9 Å². The lowest BCUT2D eigenvalue weighted by Crippen LogP contribution is -2.30. The second kappa shape index (κ2) is 6.40. The van der Waals surface area contributed by atoms with Gasteiger partial charge in [0, 0.05) is 11.0 Å². The highest BCUT2D eigenvalue weighted by atomic mass is 32.2. The Morgan fingerprint density at radius 3 is 2.86 bits per heavy atom. The molecule has 1 aliphatic heterocycles. The van der Waals surface area contributed by atoms with Gasteiger partial charge in [-0.05, 0) is 29.5 Å². The summed E-state index contributed by atoms with van der Waals surface area (Å²) in [4.78, 5) is 23.2. The topological polar surface area (TPSA) is 101 Å². The molecule has 0 saturated carbocycles. The Morgan fingerprint density at radius 1 is 1.48 bits per heavy atom. The summed E-state index contributed by atoms with van der Waals surface area (Å²) in [5.41, 5.74) is 0.759. The van der Waals surface area contributed by atoms with Gasteiger partial charge in [0.15, 0.2) is 9.84 Å². The zero-order valence-electron chi connectivity index (χ0n) is 11.1. The van der Waals surface area contributed by atoms with E-state index in [4.69, 9.17) is 5.11 Å². The molecule has 1 aromatic rings. The van der Waals surface area contributed by atoms with Crippen molar-refractivity contribution in [2.24, 2.45) is 5.92 Å². The van der Waals surface area contributed by atoms with E-state index in [0.717, 1.165) is 16.5 Å². The van der Waals surface area contributed by atoms with Crippen molar-refractivity contribution < 1.29 is 23.1 Å². The van der Waals surface area contributed by atoms with Crippen LogP contribution in [0.15, 0.2) is 17.5 Å². The van der Waals surface area contributed by atoms with Crippen LogP contribution in [0.1, 0.15) is 16.9 Å². The van der Waals surface area contributed by atoms with Gasteiger partial charge in [0.05, 0.1) is 24.0 Å². The van der Waals surface area contributed by atoms with E-state index in [1.807, 2.05) is 0 Å². The fourth-order valence-electron chi connectivity index (χ4n) is 2.07. The predicted octanol–water partition coefficient (Wildman–Crippen LogP) is 0.897. The van der Waals surface area contributed by atoms with Crippen molar-refractivity contribution in [1.29, 1.82) is 0 Å². The van der Waals surface area contributed by atoms with Crippen LogP contribution < -0.4 is 5.32 Å². The van der Waals surface area contributed by atoms with E-state index in [-0.39, 0.29) is 17.4 Å². The molecule has 0 radical (unpaired) electrons. The highest BCUT2D eigenvalue weighted by molar-refractivity contribution is 7.91. The largest absolute Gasteiger partial charge is 0.478 e. The molecule has 1 fully saturated rings. The van der Waals surface area contributed by atoms with Gasteiger partial charge in [-0.15, -0.1) is 11.3 Å². The van der Waals surface area contributed by atoms with Crippen molar-refractivity contribution in [2.75, 3.05) is 11.5 Å². The average molecular weight is 329 g/mol. The van der Waals surface area contributed by atoms with Gasteiger partial charge in [-0.3, -0.25) is 4.79 Å². The number of thiophene rings is 1. The van der Waals surface area contributed by atoms with Gasteiger partial charge < -0.3 is 10.4 Å². The quantitative estimate of drug-likeness (QED) is 0.782. The van der Waals surface area contributed by atoms with Crippen LogP contribution in [0.25, 0.3) is 6.08 Å². The van der Waals surface area contributed by atoms with E-state index in [2.05, 4.69) is 5.32 Å². The van der Waals surface area contributed by atoms with Crippen LogP contribution in [-0.2, 0) is 26.0 Å². The monoisotopic (exact) mass is 329 g/mol. The van der Waals surface area contributed by atoms with E-state index in [1.165, 1.54) is 17.4 Å². The third-order valence-corrected chi connectivity index (χ3v) is 5.86. The number of hydrogen-bond acceptors (Lipinski definition) is 5. The molecule has 1 aromatic heterocycles. The SMILES string of the molecule is O=C(O)C=Cc1csc(CNC(=O)C2CCS(=O)(=O)C2)c1. The lowest BCUT2D eigenvalue weighted by Gasteiger charge is -2.08. The molecule has 1 amide bonds. The molecule has 1 unspecified atom stereocenters. The minimum Gasteiger partial charge on any atom is -0.478 e. The van der Waals surface area contributed by atoms with Crippen molar-refractivity contribution >= 4 is 39.1 Å². The summed E-state index contributed by atoms with van der Waals surface area (Å²) in [5, 5.41) is 13.0. The number of aliphatic carboxylic acids is 1. The van der Waals surface area contributed by atoms with Crippen molar-refractivity contribution in [3.05, 3.63) is 28.0 Å². The first kappa shape index (κ1) is 15.7. The van der Waals surface area contributed by atoms with Crippen LogP contribution in [0.5, 0.6) is 0 Å². The van der Waals surface area contributed by atoms with Crippen LogP contribution >= 0.6 is 11.3 Å². The lowest BCUT2D eigenvalue weighted by atomic mass is 10.1. The number of carbonyl (C=O) groups is 2. The molecule has 2 N–H and O–H groups in total. The average Bonchev–Trinajstić information content (AvgIpc) is 3.00. The van der Waals surface area contributed by atoms with Gasteiger partial charge in [0.2, 0.25) is 5.91 Å². The molecule has 8 heteroatoms. The number of carboxylic acid groups (broad SMARTS) is 1. The smallest absolute Gasteiger partial charge is 0.328 e. The highest BCUT2D eigenvalue weighted by Crippen LogP contribution is 2.19. The fourth-order valence-corrected chi connectivity index (χ4v) is 4.60. The number of carboxylic acids is 1. The molecular weight excluding hydrogens is 314 g/mol. The lowest BCUT2D eigenvalue weighted by molar-refractivity contribution is -0.131. The normalized spacial score (nSPS) is 20.7. The van der Waals surface area contributed by atoms with Gasteiger partial charge in [-0.25, -0.2) is 13.2 Å². The molecule has 1 saturated heterocycles. The number of amides is 1. The summed E-state index contributed by atoms with van der Waals surface area (Å²) >= 11 is 1.41. The van der Waals surface area contributed by atoms with Crippen molar-refractivity contribution in [3.63, 3.8) is 0 Å². The molecule has 6 nitrogen and oxygen atoms in total. The Labute approximate surface area is 126 Å². The Kier molecular flexibility index (Phi) is 4.79. The van der Waals surface area contributed by atoms with E-state index >= 15 is 0 Å². The number of rotatable bonds is 5. The van der Waals surface area contributed by atoms with Gasteiger partial charge >= 0.3 is 5.97 Å². The summed E-state index contributed by atoms with van der Waals surface area (Å²) in [6.07, 6.45) is 2.91. The van der Waals surface area contributed by atoms with E-state index in [0.29, 0.717) is 13.0 Å². The molecule has 0 bridgehead atoms. The zero-order valence-corrected chi connectivity index (χ0v) is 12.7. The summed E-state index contributed by atoms with van der Waals surface area (Å²) in [7, 11) is -3.06. The maximum atomic E-state index is 11.9. The first-order chi connectivity index (χ1) is 9.85. The fraction of sp³-hybridized carbons (Fsp3) is 0.385. The van der Waals surface area contributed by atoms with Gasteiger partial charge in [-0.2, -0.15) is 0 Å². The van der Waals surface area contributed by atoms with Crippen molar-refractivity contribution in [3.8, 4) is 0 Å². The molecule has 2 rings (SSSR count). The molecule has 0 aliphatic carbocycles. The molecule has 21 heavy (non-hydrogen) atoms. The molecule has 0 aromatic carbocycles. The summed E-state index contributed by atoms with van der Waals surface area (Å²) in [6, 6.07) is 1.79. The van der Waals surface area contributed by atoms with Gasteiger partial charge in [0.1, 0.15) is 0 Å². The maximum Gasteiger partial charge on any atom is 0.328 e. The third-order valence-electron chi connectivity index (χ3n) is 3.13. The summed E-state index contributed by atoms with van der Waals surface area (Å²) in [5.74, 6) is -1.71. The molecule has 1 aliphatic rings. The van der Waals surface area contributed by atoms with E-state index in [9.17, 15) is 18.0 Å². The van der Waals surface area contributed by atoms with Gasteiger partial charge in [0.25, 0.3) is 0 Å². The Balaban J connectivity index is 1.86. The molecule has 1 atom stereocenters. The minimum absolute atomic E-state index is 0.0735. The van der Waals surface area contributed by atoms with Crippen LogP contribution in [0, 0.1) is 5.92 Å². The van der Waals surface area contributed by atoms with Crippen molar-refractivity contribution in [1.82, 2.24) is 5.32 Å². The third kappa shape index (κ3) is 4.68. The molecule has 0 spiro atoms. The first-order valence-electron chi connectivity index (χ1n) is 6.32. The number of nitrogens with one attached hydrogen (secondary N) is 1. The van der Waals surface area contributed by atoms with Crippen LogP contribution in [0.2, 0.25) is 0 Å². The van der Waals surface area contributed by atoms with Crippen LogP contribution in [0.4, 0.5) is 0 Å².